The number of hydrogen-bond acceptors (Lipinski definition) is 3. The molecule has 40 heavy (non-hydrogen) atoms. The Morgan fingerprint density at radius 3 is 1.82 bits per heavy atom. The Labute approximate surface area is 235 Å². The summed E-state index contributed by atoms with van der Waals surface area (Å²) in [6.07, 6.45) is 0. The zero-order chi connectivity index (χ0) is 25.9. The van der Waals surface area contributed by atoms with E-state index in [0.717, 1.165) is 27.6 Å². The Kier molecular flexibility index (Phi) is 3.98. The van der Waals surface area contributed by atoms with Crippen LogP contribution in [0.3, 0.4) is 0 Å². The lowest BCUT2D eigenvalue weighted by Crippen LogP contribution is -1.94. The average Bonchev–Trinajstić information content (AvgIpc) is 3.75. The van der Waals surface area contributed by atoms with Crippen LogP contribution in [0.15, 0.2) is 120 Å². The summed E-state index contributed by atoms with van der Waals surface area (Å²) >= 11 is 3.85. The minimum atomic E-state index is 0.920. The van der Waals surface area contributed by atoms with Crippen LogP contribution in [0.4, 0.5) is 0 Å². The molecule has 0 amide bonds. The molecule has 0 atom stereocenters. The molecule has 0 bridgehead atoms. The third kappa shape index (κ3) is 2.58. The number of aromatic nitrogens is 1. The molecular weight excluding hydrogens is 527 g/mol. The summed E-state index contributed by atoms with van der Waals surface area (Å²) in [5.74, 6) is 0. The van der Waals surface area contributed by atoms with Crippen LogP contribution in [-0.2, 0) is 0 Å². The summed E-state index contributed by atoms with van der Waals surface area (Å²) in [6.45, 7) is 0. The van der Waals surface area contributed by atoms with Gasteiger partial charge in [0.15, 0.2) is 0 Å². The number of hydrogen-bond donors (Lipinski definition) is 0. The molecule has 0 aliphatic heterocycles. The van der Waals surface area contributed by atoms with Gasteiger partial charge in [-0.1, -0.05) is 72.8 Å². The van der Waals surface area contributed by atoms with E-state index in [1.54, 1.807) is 0 Å². The number of furan rings is 1. The van der Waals surface area contributed by atoms with Crippen LogP contribution in [-0.4, -0.2) is 4.57 Å². The van der Waals surface area contributed by atoms with E-state index >= 15 is 0 Å². The zero-order valence-corrected chi connectivity index (χ0v) is 22.8. The maximum absolute atomic E-state index is 6.20. The predicted molar refractivity (Wildman–Crippen MR) is 174 cm³/mol. The van der Waals surface area contributed by atoms with Gasteiger partial charge in [0, 0.05) is 67.6 Å². The molecule has 10 rings (SSSR count). The molecule has 0 radical (unpaired) electrons. The number of fused-ring (bicyclic) bond motifs is 15. The van der Waals surface area contributed by atoms with E-state index in [4.69, 9.17) is 4.42 Å². The summed E-state index contributed by atoms with van der Waals surface area (Å²) in [5, 5.41) is 10.4. The highest BCUT2D eigenvalue weighted by atomic mass is 32.1. The molecule has 4 heterocycles. The Balaban J connectivity index is 1.50. The fourth-order valence-electron chi connectivity index (χ4n) is 6.73. The molecule has 0 fully saturated rings. The molecule has 2 nitrogen and oxygen atoms in total. The number of nitrogens with zero attached hydrogens (tertiary/aromatic N) is 1. The summed E-state index contributed by atoms with van der Waals surface area (Å²) in [4.78, 5) is 0. The Morgan fingerprint density at radius 2 is 1.05 bits per heavy atom. The van der Waals surface area contributed by atoms with E-state index in [1.165, 1.54) is 62.2 Å². The minimum Gasteiger partial charge on any atom is -0.456 e. The van der Waals surface area contributed by atoms with E-state index < -0.39 is 0 Å². The molecule has 186 valence electrons. The van der Waals surface area contributed by atoms with Crippen molar-refractivity contribution in [2.24, 2.45) is 0 Å². The van der Waals surface area contributed by atoms with Gasteiger partial charge < -0.3 is 8.98 Å². The molecule has 0 aliphatic carbocycles. The first-order valence-electron chi connectivity index (χ1n) is 13.4. The van der Waals surface area contributed by atoms with Gasteiger partial charge in [-0.25, -0.2) is 0 Å². The number of thiophene rings is 2. The lowest BCUT2D eigenvalue weighted by Gasteiger charge is -2.10. The van der Waals surface area contributed by atoms with Crippen LogP contribution in [0.25, 0.3) is 89.8 Å². The number of para-hydroxylation sites is 2. The van der Waals surface area contributed by atoms with Crippen molar-refractivity contribution in [3.8, 4) is 5.69 Å². The molecular formula is C36H19NOS2. The second kappa shape index (κ2) is 7.51. The Morgan fingerprint density at radius 1 is 0.475 bits per heavy atom. The van der Waals surface area contributed by atoms with Gasteiger partial charge in [-0.2, -0.15) is 0 Å². The quantitative estimate of drug-likeness (QED) is 0.201. The molecule has 0 aliphatic rings. The number of rotatable bonds is 1. The van der Waals surface area contributed by atoms with Gasteiger partial charge in [0.2, 0.25) is 0 Å². The lowest BCUT2D eigenvalue weighted by atomic mass is 10.0. The zero-order valence-electron chi connectivity index (χ0n) is 21.1. The van der Waals surface area contributed by atoms with Crippen molar-refractivity contribution in [1.82, 2.24) is 4.57 Å². The second-order valence-corrected chi connectivity index (χ2v) is 12.6. The van der Waals surface area contributed by atoms with E-state index in [0.29, 0.717) is 0 Å². The lowest BCUT2D eigenvalue weighted by molar-refractivity contribution is 0.669. The molecule has 0 unspecified atom stereocenters. The fraction of sp³-hybridized carbons (Fsp3) is 0. The molecule has 0 saturated heterocycles. The maximum atomic E-state index is 6.20. The van der Waals surface area contributed by atoms with Crippen LogP contribution in [0.2, 0.25) is 0 Å². The first-order chi connectivity index (χ1) is 19.8. The average molecular weight is 546 g/mol. The van der Waals surface area contributed by atoms with Gasteiger partial charge in [0.05, 0.1) is 11.0 Å². The highest BCUT2D eigenvalue weighted by Crippen LogP contribution is 2.52. The van der Waals surface area contributed by atoms with Crippen molar-refractivity contribution in [2.75, 3.05) is 0 Å². The van der Waals surface area contributed by atoms with Crippen molar-refractivity contribution in [1.29, 1.82) is 0 Å². The summed E-state index contributed by atoms with van der Waals surface area (Å²) < 4.78 is 14.1. The Bertz CT molecular complexity index is 2630. The predicted octanol–water partition coefficient (Wildman–Crippen LogP) is 11.4. The smallest absolute Gasteiger partial charge is 0.135 e. The SMILES string of the molecule is c1ccc2c(c1)oc1ccc(-n3c4ccccc4c4c5sc6ccccc6c5c5sc6ccccc6c5c43)cc12. The van der Waals surface area contributed by atoms with E-state index in [2.05, 4.69) is 114 Å². The minimum absolute atomic E-state index is 0.920. The standard InChI is InChI=1S/C36H19NOS2/c1-5-13-26-22(10-1)31-34(37(26)20-17-18-28-25(19-20)21-9-2-6-14-27(21)38-28)32-23-11-3-7-15-29(23)39-36(32)33-24-12-4-8-16-30(24)40-35(31)33/h1-19H. The Hall–Kier alpha value is -4.64. The third-order valence-electron chi connectivity index (χ3n) is 8.38. The molecule has 0 saturated carbocycles. The molecule has 6 aromatic carbocycles. The van der Waals surface area contributed by atoms with E-state index in [1.807, 2.05) is 28.7 Å². The van der Waals surface area contributed by atoms with Crippen molar-refractivity contribution < 1.29 is 4.42 Å². The van der Waals surface area contributed by atoms with E-state index in [9.17, 15) is 0 Å². The van der Waals surface area contributed by atoms with Crippen LogP contribution < -0.4 is 0 Å². The largest absolute Gasteiger partial charge is 0.456 e. The number of benzene rings is 6. The fourth-order valence-corrected chi connectivity index (χ4v) is 9.33. The first kappa shape index (κ1) is 21.2. The van der Waals surface area contributed by atoms with Gasteiger partial charge in [0.25, 0.3) is 0 Å². The van der Waals surface area contributed by atoms with Crippen LogP contribution >= 0.6 is 22.7 Å². The van der Waals surface area contributed by atoms with Crippen LogP contribution in [0.5, 0.6) is 0 Å². The summed E-state index contributed by atoms with van der Waals surface area (Å²) in [6, 6.07) is 41.7. The van der Waals surface area contributed by atoms with Gasteiger partial charge >= 0.3 is 0 Å². The molecule has 4 heteroatoms. The second-order valence-electron chi connectivity index (χ2n) is 10.5. The summed E-state index contributed by atoms with van der Waals surface area (Å²) in [5.41, 5.74) is 5.52. The normalized spacial score (nSPS) is 12.5. The van der Waals surface area contributed by atoms with Gasteiger partial charge in [-0.3, -0.25) is 0 Å². The summed E-state index contributed by atoms with van der Waals surface area (Å²) in [7, 11) is 0. The highest BCUT2D eigenvalue weighted by Gasteiger charge is 2.24. The van der Waals surface area contributed by atoms with Crippen LogP contribution in [0.1, 0.15) is 0 Å². The van der Waals surface area contributed by atoms with Crippen LogP contribution in [0, 0.1) is 0 Å². The third-order valence-corrected chi connectivity index (χ3v) is 10.8. The molecule has 10 aromatic rings. The van der Waals surface area contributed by atoms with Crippen molar-refractivity contribution in [2.45, 2.75) is 0 Å². The van der Waals surface area contributed by atoms with Crippen molar-refractivity contribution in [3.63, 3.8) is 0 Å². The molecule has 0 N–H and O–H groups in total. The van der Waals surface area contributed by atoms with Gasteiger partial charge in [-0.05, 0) is 42.5 Å². The maximum Gasteiger partial charge on any atom is 0.135 e. The van der Waals surface area contributed by atoms with E-state index in [-0.39, 0.29) is 0 Å². The topological polar surface area (TPSA) is 18.1 Å². The van der Waals surface area contributed by atoms with Gasteiger partial charge in [-0.15, -0.1) is 22.7 Å². The van der Waals surface area contributed by atoms with Crippen molar-refractivity contribution in [3.05, 3.63) is 115 Å². The highest BCUT2D eigenvalue weighted by molar-refractivity contribution is 7.30. The monoisotopic (exact) mass is 545 g/mol. The molecule has 4 aromatic heterocycles. The van der Waals surface area contributed by atoms with Crippen molar-refractivity contribution >= 4 is 107 Å². The van der Waals surface area contributed by atoms with Gasteiger partial charge in [0.1, 0.15) is 11.2 Å². The molecule has 0 spiro atoms. The first-order valence-corrected chi connectivity index (χ1v) is 15.1.